The Morgan fingerprint density at radius 1 is 1.20 bits per heavy atom. The molecule has 6 nitrogen and oxygen atoms in total. The lowest BCUT2D eigenvalue weighted by atomic mass is 10.2. The number of nitrogens with zero attached hydrogens (tertiary/aromatic N) is 4. The highest BCUT2D eigenvalue weighted by atomic mass is 32.1. The van der Waals surface area contributed by atoms with Crippen molar-refractivity contribution in [2.24, 2.45) is 0 Å². The lowest BCUT2D eigenvalue weighted by Crippen LogP contribution is -2.23. The fourth-order valence-corrected chi connectivity index (χ4v) is 3.18. The molecule has 0 aliphatic rings. The van der Waals surface area contributed by atoms with Crippen molar-refractivity contribution in [2.45, 2.75) is 19.5 Å². The molecule has 130 valence electrons. The molecule has 0 spiro atoms. The molecule has 0 amide bonds. The first-order valence-electron chi connectivity index (χ1n) is 7.78. The van der Waals surface area contributed by atoms with Gasteiger partial charge in [-0.1, -0.05) is 6.07 Å². The third kappa shape index (κ3) is 4.49. The molecule has 0 radical (unpaired) electrons. The lowest BCUT2D eigenvalue weighted by Gasteiger charge is -2.23. The molecule has 3 N–H and O–H groups in total. The number of benzene rings is 1. The van der Waals surface area contributed by atoms with Gasteiger partial charge in [-0.15, -0.1) is 11.3 Å². The molecule has 0 aliphatic carbocycles. The van der Waals surface area contributed by atoms with Crippen molar-refractivity contribution in [2.75, 3.05) is 18.1 Å². The minimum absolute atomic E-state index is 0.145. The molecule has 1 aromatic carbocycles. The van der Waals surface area contributed by atoms with Crippen molar-refractivity contribution in [3.05, 3.63) is 58.3 Å². The first-order chi connectivity index (χ1) is 12.0. The number of halogens is 1. The summed E-state index contributed by atoms with van der Waals surface area (Å²) >= 11 is 1.72. The predicted octanol–water partition coefficient (Wildman–Crippen LogP) is 3.59. The van der Waals surface area contributed by atoms with Crippen LogP contribution in [0.1, 0.15) is 23.7 Å². The molecular formula is C17H19FN6S. The van der Waals surface area contributed by atoms with Crippen LogP contribution in [0.3, 0.4) is 0 Å². The number of nitrogens with two attached hydrogens (primary N) is 1. The Morgan fingerprint density at radius 3 is 2.64 bits per heavy atom. The summed E-state index contributed by atoms with van der Waals surface area (Å²) in [5.74, 6) is 0.756. The quantitative estimate of drug-likeness (QED) is 0.701. The van der Waals surface area contributed by atoms with Crippen LogP contribution in [-0.4, -0.2) is 26.9 Å². The number of rotatable bonds is 6. The maximum atomic E-state index is 13.0. The second-order valence-electron chi connectivity index (χ2n) is 5.67. The van der Waals surface area contributed by atoms with Crippen LogP contribution in [0.2, 0.25) is 0 Å². The summed E-state index contributed by atoms with van der Waals surface area (Å²) in [5, 5.41) is 5.08. The Bertz CT molecular complexity index is 822. The minimum atomic E-state index is -0.300. The molecule has 0 saturated carbocycles. The Hall–Kier alpha value is -2.58. The molecule has 2 aromatic heterocycles. The van der Waals surface area contributed by atoms with E-state index in [4.69, 9.17) is 5.73 Å². The van der Waals surface area contributed by atoms with Crippen molar-refractivity contribution < 1.29 is 4.39 Å². The first-order valence-corrected chi connectivity index (χ1v) is 8.66. The number of hydrogen-bond acceptors (Lipinski definition) is 7. The summed E-state index contributed by atoms with van der Waals surface area (Å²) < 4.78 is 13.0. The molecule has 0 bridgehead atoms. The normalized spacial score (nSPS) is 12.3. The van der Waals surface area contributed by atoms with Gasteiger partial charge in [0.25, 0.3) is 0 Å². The van der Waals surface area contributed by atoms with Gasteiger partial charge in [0.15, 0.2) is 0 Å². The largest absolute Gasteiger partial charge is 0.368 e. The Balaban J connectivity index is 1.73. The van der Waals surface area contributed by atoms with Gasteiger partial charge in [0.1, 0.15) is 11.6 Å². The van der Waals surface area contributed by atoms with E-state index in [1.165, 1.54) is 17.0 Å². The minimum Gasteiger partial charge on any atom is -0.368 e. The number of nitrogens with one attached hydrogen (secondary N) is 1. The number of thiophene rings is 1. The van der Waals surface area contributed by atoms with E-state index in [2.05, 4.69) is 43.5 Å². The Labute approximate surface area is 149 Å². The van der Waals surface area contributed by atoms with Crippen molar-refractivity contribution >= 4 is 28.9 Å². The maximum absolute atomic E-state index is 13.0. The SMILES string of the molecule is CC(c1cccs1)N(C)Cc1nc(N)nc(Nc2ccc(F)cc2)n1. The predicted molar refractivity (Wildman–Crippen MR) is 98.1 cm³/mol. The van der Waals surface area contributed by atoms with Gasteiger partial charge in [-0.25, -0.2) is 4.39 Å². The van der Waals surface area contributed by atoms with E-state index in [1.54, 1.807) is 23.5 Å². The second kappa shape index (κ2) is 7.54. The standard InChI is InChI=1S/C17H19FN6S/c1-11(14-4-3-9-25-14)24(2)10-15-21-16(19)23-17(22-15)20-13-7-5-12(18)6-8-13/h3-9,11H,10H2,1-2H3,(H3,19,20,21,22,23). The molecule has 0 saturated heterocycles. The van der Waals surface area contributed by atoms with Gasteiger partial charge in [-0.2, -0.15) is 15.0 Å². The van der Waals surface area contributed by atoms with Crippen molar-refractivity contribution in [3.63, 3.8) is 0 Å². The molecule has 25 heavy (non-hydrogen) atoms. The molecule has 1 unspecified atom stereocenters. The molecule has 8 heteroatoms. The van der Waals surface area contributed by atoms with Gasteiger partial charge >= 0.3 is 0 Å². The van der Waals surface area contributed by atoms with E-state index in [9.17, 15) is 4.39 Å². The van der Waals surface area contributed by atoms with Crippen LogP contribution in [0.5, 0.6) is 0 Å². The van der Waals surface area contributed by atoms with Gasteiger partial charge < -0.3 is 11.1 Å². The van der Waals surface area contributed by atoms with Gasteiger partial charge in [0.2, 0.25) is 11.9 Å². The zero-order chi connectivity index (χ0) is 17.8. The topological polar surface area (TPSA) is 80.0 Å². The highest BCUT2D eigenvalue weighted by molar-refractivity contribution is 7.10. The molecule has 0 aliphatic heterocycles. The third-order valence-electron chi connectivity index (χ3n) is 3.81. The van der Waals surface area contributed by atoms with Crippen molar-refractivity contribution in [1.82, 2.24) is 19.9 Å². The summed E-state index contributed by atoms with van der Waals surface area (Å²) in [6, 6.07) is 10.3. The van der Waals surface area contributed by atoms with E-state index in [-0.39, 0.29) is 17.8 Å². The van der Waals surface area contributed by atoms with E-state index in [1.807, 2.05) is 13.1 Å². The summed E-state index contributed by atoms with van der Waals surface area (Å²) in [7, 11) is 2.01. The van der Waals surface area contributed by atoms with Crippen LogP contribution >= 0.6 is 11.3 Å². The van der Waals surface area contributed by atoms with Gasteiger partial charge in [-0.05, 0) is 49.7 Å². The second-order valence-corrected chi connectivity index (χ2v) is 6.65. The molecule has 3 rings (SSSR count). The van der Waals surface area contributed by atoms with E-state index < -0.39 is 0 Å². The molecule has 0 fully saturated rings. The average molecular weight is 358 g/mol. The third-order valence-corrected chi connectivity index (χ3v) is 4.85. The summed E-state index contributed by atoms with van der Waals surface area (Å²) in [5.41, 5.74) is 6.48. The number of nitrogen functional groups attached to an aromatic ring is 1. The van der Waals surface area contributed by atoms with Gasteiger partial charge in [-0.3, -0.25) is 4.90 Å². The van der Waals surface area contributed by atoms with Gasteiger partial charge in [0.05, 0.1) is 6.54 Å². The zero-order valence-electron chi connectivity index (χ0n) is 14.0. The molecule has 2 heterocycles. The number of hydrogen-bond donors (Lipinski definition) is 2. The van der Waals surface area contributed by atoms with Crippen LogP contribution in [-0.2, 0) is 6.54 Å². The molecule has 1 atom stereocenters. The van der Waals surface area contributed by atoms with Crippen LogP contribution in [0.15, 0.2) is 41.8 Å². The fraction of sp³-hybridized carbons (Fsp3) is 0.235. The Kier molecular flexibility index (Phi) is 5.20. The number of aromatic nitrogens is 3. The van der Waals surface area contributed by atoms with Gasteiger partial charge in [0, 0.05) is 16.6 Å². The monoisotopic (exact) mass is 358 g/mol. The zero-order valence-corrected chi connectivity index (χ0v) is 14.8. The van der Waals surface area contributed by atoms with E-state index in [0.717, 1.165) is 0 Å². The summed E-state index contributed by atoms with van der Waals surface area (Å²) in [6.07, 6.45) is 0. The molecule has 3 aromatic rings. The average Bonchev–Trinajstić information content (AvgIpc) is 3.10. The summed E-state index contributed by atoms with van der Waals surface area (Å²) in [6.45, 7) is 2.66. The number of anilines is 3. The highest BCUT2D eigenvalue weighted by Crippen LogP contribution is 2.24. The maximum Gasteiger partial charge on any atom is 0.232 e. The van der Waals surface area contributed by atoms with E-state index >= 15 is 0 Å². The van der Waals surface area contributed by atoms with E-state index in [0.29, 0.717) is 24.0 Å². The summed E-state index contributed by atoms with van der Waals surface area (Å²) in [4.78, 5) is 16.1. The van der Waals surface area contributed by atoms with Crippen molar-refractivity contribution in [3.8, 4) is 0 Å². The van der Waals surface area contributed by atoms with Crippen LogP contribution in [0.25, 0.3) is 0 Å². The highest BCUT2D eigenvalue weighted by Gasteiger charge is 2.15. The van der Waals surface area contributed by atoms with Crippen LogP contribution < -0.4 is 11.1 Å². The Morgan fingerprint density at radius 2 is 1.96 bits per heavy atom. The van der Waals surface area contributed by atoms with Crippen molar-refractivity contribution in [1.29, 1.82) is 0 Å². The lowest BCUT2D eigenvalue weighted by molar-refractivity contribution is 0.250. The molecular weight excluding hydrogens is 339 g/mol. The smallest absolute Gasteiger partial charge is 0.232 e. The first kappa shape index (κ1) is 17.2. The fourth-order valence-electron chi connectivity index (χ4n) is 2.33. The van der Waals surface area contributed by atoms with Crippen LogP contribution in [0, 0.1) is 5.82 Å². The van der Waals surface area contributed by atoms with Crippen LogP contribution in [0.4, 0.5) is 22.0 Å².